The number of rotatable bonds is 3. The first kappa shape index (κ1) is 14.5. The van der Waals surface area contributed by atoms with Crippen molar-refractivity contribution in [3.8, 4) is 0 Å². The summed E-state index contributed by atoms with van der Waals surface area (Å²) in [6.07, 6.45) is 0.265. The fourth-order valence-corrected chi connectivity index (χ4v) is 2.46. The number of amides is 1. The van der Waals surface area contributed by atoms with Crippen LogP contribution in [0.2, 0.25) is 5.02 Å². The summed E-state index contributed by atoms with van der Waals surface area (Å²) in [6.45, 7) is 3.65. The number of nitrogens with one attached hydrogen (secondary N) is 1. The number of carbonyl (C=O) groups is 1. The van der Waals surface area contributed by atoms with Crippen molar-refractivity contribution in [3.05, 3.63) is 52.2 Å². The maximum Gasteiger partial charge on any atom is 0.260 e. The summed E-state index contributed by atoms with van der Waals surface area (Å²) in [6, 6.07) is 9.49. The van der Waals surface area contributed by atoms with Crippen LogP contribution < -0.4 is 5.32 Å². The quantitative estimate of drug-likeness (QED) is 0.800. The van der Waals surface area contributed by atoms with E-state index >= 15 is 0 Å². The summed E-state index contributed by atoms with van der Waals surface area (Å²) in [7, 11) is 0. The fraction of sp³-hybridized carbons (Fsp3) is 0.188. The van der Waals surface area contributed by atoms with Crippen molar-refractivity contribution < 1.29 is 9.32 Å². The van der Waals surface area contributed by atoms with Gasteiger partial charge in [-0.3, -0.25) is 4.79 Å². The zero-order valence-corrected chi connectivity index (χ0v) is 12.9. The highest BCUT2D eigenvalue weighted by Crippen LogP contribution is 2.31. The summed E-state index contributed by atoms with van der Waals surface area (Å²) >= 11 is 6.21. The summed E-state index contributed by atoms with van der Waals surface area (Å²) in [4.78, 5) is 16.4. The van der Waals surface area contributed by atoms with Gasteiger partial charge in [0.25, 0.3) is 5.71 Å². The summed E-state index contributed by atoms with van der Waals surface area (Å²) in [5.41, 5.74) is 2.76. The molecule has 3 rings (SSSR count). The molecular weight excluding hydrogens is 302 g/mol. The second kappa shape index (κ2) is 5.77. The van der Waals surface area contributed by atoms with E-state index in [9.17, 15) is 4.79 Å². The maximum atomic E-state index is 12.1. The smallest absolute Gasteiger partial charge is 0.260 e. The number of fused-ring (bicyclic) bond motifs is 1. The van der Waals surface area contributed by atoms with Gasteiger partial charge in [0.05, 0.1) is 22.5 Å². The Balaban J connectivity index is 1.88. The Labute approximate surface area is 132 Å². The summed E-state index contributed by atoms with van der Waals surface area (Å²) in [5, 5.41) is 7.84. The standard InChI is InChI=1S/C16H14ClN3O2/c1-9-13-15(20-22-16(13)18-10(2)14(9)17)19-12(21)8-11-6-4-3-5-7-11/h3-7H,8H2,1-2H3,(H,19,20,21). The number of benzene rings is 1. The third-order valence-electron chi connectivity index (χ3n) is 3.43. The zero-order valence-electron chi connectivity index (χ0n) is 12.2. The average Bonchev–Trinajstić information content (AvgIpc) is 2.88. The van der Waals surface area contributed by atoms with Crippen LogP contribution in [-0.4, -0.2) is 16.0 Å². The molecule has 1 N–H and O–H groups in total. The van der Waals surface area contributed by atoms with Crippen LogP contribution >= 0.6 is 11.6 Å². The molecule has 0 aliphatic carbocycles. The van der Waals surface area contributed by atoms with Gasteiger partial charge in [-0.25, -0.2) is 4.98 Å². The van der Waals surface area contributed by atoms with Gasteiger partial charge in [-0.15, -0.1) is 0 Å². The van der Waals surface area contributed by atoms with E-state index in [2.05, 4.69) is 15.5 Å². The molecule has 0 spiro atoms. The topological polar surface area (TPSA) is 68.0 Å². The zero-order chi connectivity index (χ0) is 15.7. The normalized spacial score (nSPS) is 10.9. The molecule has 0 aliphatic heterocycles. The highest BCUT2D eigenvalue weighted by Gasteiger charge is 2.18. The average molecular weight is 316 g/mol. The Kier molecular flexibility index (Phi) is 3.81. The van der Waals surface area contributed by atoms with Crippen molar-refractivity contribution in [2.24, 2.45) is 0 Å². The Hall–Kier alpha value is -2.40. The third kappa shape index (κ3) is 2.67. The van der Waals surface area contributed by atoms with Crippen molar-refractivity contribution in [3.63, 3.8) is 0 Å². The van der Waals surface area contributed by atoms with Crippen LogP contribution in [0.4, 0.5) is 5.82 Å². The predicted octanol–water partition coefficient (Wildman–Crippen LogP) is 3.67. The number of nitrogens with zero attached hydrogens (tertiary/aromatic N) is 2. The molecule has 0 saturated heterocycles. The molecule has 1 amide bonds. The summed E-state index contributed by atoms with van der Waals surface area (Å²) in [5.74, 6) is 0.181. The first-order valence-corrected chi connectivity index (χ1v) is 7.20. The van der Waals surface area contributed by atoms with Crippen molar-refractivity contribution in [1.29, 1.82) is 0 Å². The van der Waals surface area contributed by atoms with E-state index in [0.29, 0.717) is 27.6 Å². The lowest BCUT2D eigenvalue weighted by molar-refractivity contribution is -0.115. The second-order valence-corrected chi connectivity index (χ2v) is 5.44. The van der Waals surface area contributed by atoms with Gasteiger partial charge in [0.2, 0.25) is 5.91 Å². The molecule has 5 nitrogen and oxygen atoms in total. The second-order valence-electron chi connectivity index (χ2n) is 5.06. The van der Waals surface area contributed by atoms with Gasteiger partial charge >= 0.3 is 0 Å². The molecular formula is C16H14ClN3O2. The minimum Gasteiger partial charge on any atom is -0.334 e. The molecule has 22 heavy (non-hydrogen) atoms. The van der Waals surface area contributed by atoms with Crippen LogP contribution in [0.25, 0.3) is 11.1 Å². The van der Waals surface area contributed by atoms with E-state index < -0.39 is 0 Å². The maximum absolute atomic E-state index is 12.1. The van der Waals surface area contributed by atoms with Gasteiger partial charge in [0.15, 0.2) is 5.82 Å². The van der Waals surface area contributed by atoms with Crippen LogP contribution in [0.5, 0.6) is 0 Å². The van der Waals surface area contributed by atoms with Crippen molar-refractivity contribution in [2.75, 3.05) is 5.32 Å². The minimum atomic E-state index is -0.169. The highest BCUT2D eigenvalue weighted by molar-refractivity contribution is 6.33. The molecule has 1 aromatic carbocycles. The van der Waals surface area contributed by atoms with Crippen LogP contribution in [0.15, 0.2) is 34.9 Å². The Bertz CT molecular complexity index is 843. The molecule has 0 unspecified atom stereocenters. The number of anilines is 1. The molecule has 0 fully saturated rings. The van der Waals surface area contributed by atoms with Crippen molar-refractivity contribution in [1.82, 2.24) is 10.1 Å². The van der Waals surface area contributed by atoms with Gasteiger partial charge in [0, 0.05) is 0 Å². The molecule has 0 aliphatic rings. The number of aromatic nitrogens is 2. The van der Waals surface area contributed by atoms with Crippen molar-refractivity contribution >= 4 is 34.4 Å². The highest BCUT2D eigenvalue weighted by atomic mass is 35.5. The Morgan fingerprint density at radius 2 is 2.00 bits per heavy atom. The molecule has 2 heterocycles. The molecule has 2 aromatic heterocycles. The molecule has 3 aromatic rings. The van der Waals surface area contributed by atoms with Crippen LogP contribution in [0.1, 0.15) is 16.8 Å². The lowest BCUT2D eigenvalue weighted by Crippen LogP contribution is -2.14. The first-order chi connectivity index (χ1) is 10.6. The fourth-order valence-electron chi connectivity index (χ4n) is 2.32. The van der Waals surface area contributed by atoms with Crippen molar-refractivity contribution in [2.45, 2.75) is 20.3 Å². The number of pyridine rings is 1. The van der Waals surface area contributed by atoms with E-state index in [-0.39, 0.29) is 12.3 Å². The molecule has 0 bridgehead atoms. The number of halogens is 1. The molecule has 0 atom stereocenters. The van der Waals surface area contributed by atoms with Gasteiger partial charge in [-0.1, -0.05) is 47.1 Å². The monoisotopic (exact) mass is 315 g/mol. The van der Waals surface area contributed by atoms with Crippen LogP contribution in [-0.2, 0) is 11.2 Å². The lowest BCUT2D eigenvalue weighted by atomic mass is 10.1. The van der Waals surface area contributed by atoms with Gasteiger partial charge in [-0.05, 0) is 25.0 Å². The van der Waals surface area contributed by atoms with Crippen LogP contribution in [0, 0.1) is 13.8 Å². The molecule has 0 radical (unpaired) electrons. The number of hydrogen-bond donors (Lipinski definition) is 1. The minimum absolute atomic E-state index is 0.169. The first-order valence-electron chi connectivity index (χ1n) is 6.82. The van der Waals surface area contributed by atoms with E-state index in [1.165, 1.54) is 0 Å². The number of hydrogen-bond acceptors (Lipinski definition) is 4. The largest absolute Gasteiger partial charge is 0.334 e. The van der Waals surface area contributed by atoms with E-state index in [4.69, 9.17) is 16.1 Å². The van der Waals surface area contributed by atoms with E-state index in [0.717, 1.165) is 11.1 Å². The van der Waals surface area contributed by atoms with E-state index in [1.807, 2.05) is 37.3 Å². The van der Waals surface area contributed by atoms with E-state index in [1.54, 1.807) is 6.92 Å². The van der Waals surface area contributed by atoms with Gasteiger partial charge in [0.1, 0.15) is 0 Å². The number of carbonyl (C=O) groups excluding carboxylic acids is 1. The number of aryl methyl sites for hydroxylation is 2. The summed E-state index contributed by atoms with van der Waals surface area (Å²) < 4.78 is 5.18. The Morgan fingerprint density at radius 1 is 1.27 bits per heavy atom. The predicted molar refractivity (Wildman–Crippen MR) is 85.1 cm³/mol. The SMILES string of the molecule is Cc1nc2onc(NC(=O)Cc3ccccc3)c2c(C)c1Cl. The van der Waals surface area contributed by atoms with Crippen LogP contribution in [0.3, 0.4) is 0 Å². The van der Waals surface area contributed by atoms with Gasteiger partial charge < -0.3 is 9.84 Å². The van der Waals surface area contributed by atoms with Gasteiger partial charge in [-0.2, -0.15) is 0 Å². The molecule has 0 saturated carbocycles. The molecule has 6 heteroatoms. The Morgan fingerprint density at radius 3 is 2.73 bits per heavy atom. The third-order valence-corrected chi connectivity index (χ3v) is 3.99. The molecule has 112 valence electrons. The lowest BCUT2D eigenvalue weighted by Gasteiger charge is -2.05.